The summed E-state index contributed by atoms with van der Waals surface area (Å²) in [5.41, 5.74) is 0. The zero-order valence-corrected chi connectivity index (χ0v) is 8.36. The highest BCUT2D eigenvalue weighted by molar-refractivity contribution is 7.12. The van der Waals surface area contributed by atoms with Crippen LogP contribution in [-0.2, 0) is 4.79 Å². The number of carbonyl (C=O) groups excluding carboxylic acids is 1. The quantitative estimate of drug-likeness (QED) is 0.676. The number of aryl methyl sites for hydroxylation is 1. The van der Waals surface area contributed by atoms with E-state index < -0.39 is 0 Å². The molecule has 1 rings (SSSR count). The Hall–Kier alpha value is -1.34. The molecule has 0 spiro atoms. The van der Waals surface area contributed by atoms with Gasteiger partial charge in [0.2, 0.25) is 5.91 Å². The standard InChI is InChI=1S/C9H10N2OS/c1-7-6-11-9(13-7)4-3-5-10-8(2)12/h6H,5H2,1-2H3,(H,10,12). The van der Waals surface area contributed by atoms with Crippen molar-refractivity contribution in [3.8, 4) is 11.8 Å². The molecule has 1 aromatic rings. The number of nitrogens with one attached hydrogen (secondary N) is 1. The van der Waals surface area contributed by atoms with Crippen molar-refractivity contribution in [3.05, 3.63) is 16.1 Å². The van der Waals surface area contributed by atoms with E-state index in [0.29, 0.717) is 6.54 Å². The molecule has 1 amide bonds. The van der Waals surface area contributed by atoms with Crippen molar-refractivity contribution in [2.24, 2.45) is 0 Å². The lowest BCUT2D eigenvalue weighted by Gasteiger charge is -1.89. The summed E-state index contributed by atoms with van der Waals surface area (Å²) >= 11 is 1.55. The summed E-state index contributed by atoms with van der Waals surface area (Å²) in [7, 11) is 0. The van der Waals surface area contributed by atoms with E-state index in [4.69, 9.17) is 0 Å². The van der Waals surface area contributed by atoms with Crippen LogP contribution < -0.4 is 5.32 Å². The number of carbonyl (C=O) groups is 1. The summed E-state index contributed by atoms with van der Waals surface area (Å²) in [6.45, 7) is 3.83. The van der Waals surface area contributed by atoms with Gasteiger partial charge in [0.05, 0.1) is 6.54 Å². The molecule has 4 heteroatoms. The number of hydrogen-bond acceptors (Lipinski definition) is 3. The smallest absolute Gasteiger partial charge is 0.217 e. The third-order valence-electron chi connectivity index (χ3n) is 1.24. The average Bonchev–Trinajstić information content (AvgIpc) is 2.45. The van der Waals surface area contributed by atoms with E-state index in [-0.39, 0.29) is 5.91 Å². The number of aromatic nitrogens is 1. The van der Waals surface area contributed by atoms with E-state index in [1.54, 1.807) is 17.5 Å². The third kappa shape index (κ3) is 3.72. The lowest BCUT2D eigenvalue weighted by atomic mass is 10.5. The minimum atomic E-state index is -0.0652. The maximum atomic E-state index is 10.5. The van der Waals surface area contributed by atoms with Crippen LogP contribution in [0.1, 0.15) is 16.8 Å². The molecule has 0 radical (unpaired) electrons. The zero-order valence-electron chi connectivity index (χ0n) is 7.55. The summed E-state index contributed by atoms with van der Waals surface area (Å²) in [4.78, 5) is 15.7. The SMILES string of the molecule is CC(=O)NCC#Cc1ncc(C)s1. The largest absolute Gasteiger partial charge is 0.345 e. The van der Waals surface area contributed by atoms with Crippen LogP contribution in [0.25, 0.3) is 0 Å². The molecule has 0 aliphatic rings. The van der Waals surface area contributed by atoms with Crippen molar-refractivity contribution in [2.45, 2.75) is 13.8 Å². The van der Waals surface area contributed by atoms with Crippen LogP contribution in [0.2, 0.25) is 0 Å². The van der Waals surface area contributed by atoms with Crippen LogP contribution in [-0.4, -0.2) is 17.4 Å². The fourth-order valence-corrected chi connectivity index (χ4v) is 1.34. The maximum Gasteiger partial charge on any atom is 0.217 e. The number of hydrogen-bond donors (Lipinski definition) is 1. The van der Waals surface area contributed by atoms with Gasteiger partial charge in [-0.15, -0.1) is 11.3 Å². The molecule has 0 saturated heterocycles. The van der Waals surface area contributed by atoms with E-state index in [0.717, 1.165) is 9.88 Å². The van der Waals surface area contributed by atoms with Gasteiger partial charge in [-0.25, -0.2) is 4.98 Å². The molecule has 13 heavy (non-hydrogen) atoms. The summed E-state index contributed by atoms with van der Waals surface area (Å²) in [6, 6.07) is 0. The van der Waals surface area contributed by atoms with Gasteiger partial charge >= 0.3 is 0 Å². The van der Waals surface area contributed by atoms with Crippen molar-refractivity contribution >= 4 is 17.2 Å². The molecule has 0 atom stereocenters. The molecule has 0 aliphatic carbocycles. The minimum absolute atomic E-state index is 0.0652. The summed E-state index contributed by atoms with van der Waals surface area (Å²) in [5.74, 6) is 5.61. The molecule has 68 valence electrons. The van der Waals surface area contributed by atoms with Gasteiger partial charge < -0.3 is 5.32 Å². The van der Waals surface area contributed by atoms with Crippen molar-refractivity contribution in [1.82, 2.24) is 10.3 Å². The Morgan fingerprint density at radius 3 is 3.08 bits per heavy atom. The molecule has 1 heterocycles. The number of rotatable bonds is 1. The van der Waals surface area contributed by atoms with Crippen molar-refractivity contribution in [1.29, 1.82) is 0 Å². The Morgan fingerprint density at radius 2 is 2.54 bits per heavy atom. The van der Waals surface area contributed by atoms with Crippen LogP contribution in [0.15, 0.2) is 6.20 Å². The topological polar surface area (TPSA) is 42.0 Å². The van der Waals surface area contributed by atoms with Crippen LogP contribution in [0.4, 0.5) is 0 Å². The molecule has 3 nitrogen and oxygen atoms in total. The molecule has 1 N–H and O–H groups in total. The van der Waals surface area contributed by atoms with Gasteiger partial charge in [0.15, 0.2) is 5.01 Å². The molecule has 0 unspecified atom stereocenters. The first-order valence-electron chi connectivity index (χ1n) is 3.84. The van der Waals surface area contributed by atoms with E-state index in [1.807, 2.05) is 6.92 Å². The average molecular weight is 194 g/mol. The van der Waals surface area contributed by atoms with Crippen molar-refractivity contribution in [2.75, 3.05) is 6.54 Å². The van der Waals surface area contributed by atoms with Crippen LogP contribution in [0.3, 0.4) is 0 Å². The summed E-state index contributed by atoms with van der Waals surface area (Å²) in [6.07, 6.45) is 1.78. The van der Waals surface area contributed by atoms with Gasteiger partial charge in [-0.05, 0) is 12.8 Å². The highest BCUT2D eigenvalue weighted by atomic mass is 32.1. The van der Waals surface area contributed by atoms with E-state index in [2.05, 4.69) is 22.1 Å². The predicted molar refractivity (Wildman–Crippen MR) is 52.4 cm³/mol. The lowest BCUT2D eigenvalue weighted by Crippen LogP contribution is -2.19. The second-order valence-electron chi connectivity index (χ2n) is 2.49. The summed E-state index contributed by atoms with van der Waals surface area (Å²) < 4.78 is 0. The Kier molecular flexibility index (Phi) is 3.47. The monoisotopic (exact) mass is 194 g/mol. The fraction of sp³-hybridized carbons (Fsp3) is 0.333. The first-order valence-corrected chi connectivity index (χ1v) is 4.66. The Balaban J connectivity index is 2.44. The van der Waals surface area contributed by atoms with Gasteiger partial charge in [-0.1, -0.05) is 5.92 Å². The van der Waals surface area contributed by atoms with Crippen LogP contribution in [0.5, 0.6) is 0 Å². The van der Waals surface area contributed by atoms with Crippen LogP contribution >= 0.6 is 11.3 Å². The second-order valence-corrected chi connectivity index (χ2v) is 3.72. The number of nitrogens with zero attached hydrogens (tertiary/aromatic N) is 1. The molecule has 0 aliphatic heterocycles. The Labute approximate surface area is 81.2 Å². The fourth-order valence-electron chi connectivity index (χ4n) is 0.701. The Morgan fingerprint density at radius 1 is 1.77 bits per heavy atom. The van der Waals surface area contributed by atoms with E-state index >= 15 is 0 Å². The van der Waals surface area contributed by atoms with Crippen molar-refractivity contribution in [3.63, 3.8) is 0 Å². The van der Waals surface area contributed by atoms with Crippen LogP contribution in [0, 0.1) is 18.8 Å². The van der Waals surface area contributed by atoms with Gasteiger partial charge in [-0.2, -0.15) is 0 Å². The highest BCUT2D eigenvalue weighted by Gasteiger charge is 1.91. The van der Waals surface area contributed by atoms with E-state index in [1.165, 1.54) is 6.92 Å². The van der Waals surface area contributed by atoms with Crippen molar-refractivity contribution < 1.29 is 4.79 Å². The predicted octanol–water partition coefficient (Wildman–Crippen LogP) is 0.939. The first kappa shape index (κ1) is 9.75. The number of amides is 1. The van der Waals surface area contributed by atoms with Gasteiger partial charge in [0.1, 0.15) is 0 Å². The minimum Gasteiger partial charge on any atom is -0.345 e. The zero-order chi connectivity index (χ0) is 9.68. The lowest BCUT2D eigenvalue weighted by molar-refractivity contribution is -0.118. The second kappa shape index (κ2) is 4.63. The molecule has 0 fully saturated rings. The summed E-state index contributed by atoms with van der Waals surface area (Å²) in [5, 5.41) is 3.38. The molecule has 0 aromatic carbocycles. The van der Waals surface area contributed by atoms with E-state index in [9.17, 15) is 4.79 Å². The molecular weight excluding hydrogens is 184 g/mol. The van der Waals surface area contributed by atoms with Gasteiger partial charge in [0.25, 0.3) is 0 Å². The Bertz CT molecular complexity index is 359. The first-order chi connectivity index (χ1) is 6.18. The molecule has 0 bridgehead atoms. The van der Waals surface area contributed by atoms with Gasteiger partial charge in [0, 0.05) is 18.0 Å². The number of thiazole rings is 1. The maximum absolute atomic E-state index is 10.5. The third-order valence-corrected chi connectivity index (χ3v) is 2.07. The molecular formula is C9H10N2OS. The normalized spacial score (nSPS) is 8.77. The molecule has 1 aromatic heterocycles. The highest BCUT2D eigenvalue weighted by Crippen LogP contribution is 2.08. The van der Waals surface area contributed by atoms with Gasteiger partial charge in [-0.3, -0.25) is 4.79 Å². The molecule has 0 saturated carbocycles.